The monoisotopic (exact) mass is 573 g/mol. The zero-order valence-corrected chi connectivity index (χ0v) is 23.6. The van der Waals surface area contributed by atoms with E-state index < -0.39 is 53.6 Å². The maximum Gasteiger partial charge on any atom is 0.313 e. The molecule has 7 atom stereocenters. The molecule has 220 valence electrons. The first kappa shape index (κ1) is 28.1. The molecule has 3 amide bonds. The number of cyclic esters (lactones) is 1. The van der Waals surface area contributed by atoms with E-state index in [-0.39, 0.29) is 37.9 Å². The second-order valence-corrected chi connectivity index (χ2v) is 11.5. The van der Waals surface area contributed by atoms with Crippen LogP contribution in [0.3, 0.4) is 0 Å². The van der Waals surface area contributed by atoms with Crippen molar-refractivity contribution in [1.29, 1.82) is 0 Å². The lowest BCUT2D eigenvalue weighted by Gasteiger charge is -2.37. The summed E-state index contributed by atoms with van der Waals surface area (Å²) < 4.78 is 12.1. The number of allylic oxidation sites excluding steroid dienone is 1. The number of rotatable bonds is 3. The molecule has 5 bridgehead atoms. The van der Waals surface area contributed by atoms with Crippen molar-refractivity contribution in [2.24, 2.45) is 11.8 Å². The van der Waals surface area contributed by atoms with Gasteiger partial charge in [0.25, 0.3) is 5.91 Å². The zero-order chi connectivity index (χ0) is 29.6. The maximum atomic E-state index is 14.7. The van der Waals surface area contributed by atoms with Crippen molar-refractivity contribution < 1.29 is 33.8 Å². The Morgan fingerprint density at radius 2 is 1.86 bits per heavy atom. The molecule has 0 aliphatic carbocycles. The van der Waals surface area contributed by atoms with E-state index in [1.165, 1.54) is 4.90 Å². The molecule has 0 unspecified atom stereocenters. The predicted molar refractivity (Wildman–Crippen MR) is 154 cm³/mol. The summed E-state index contributed by atoms with van der Waals surface area (Å²) in [6.45, 7) is 3.30. The molecule has 0 aromatic heterocycles. The standard InChI is InChI=1S/C32H35N3O7/c1-19(18-36)35-28-30(39)34(23-12-11-21-8-5-6-9-22(21)16-23)15-7-3-4-10-25(37)33-17-20(2)41-31(40)26-24-13-14-32(28,42-24)27(26)29(35)38/h3,5-9,11-14,16,19-20,24,26-28,36H,4,10,15,17-18H2,1-2H3,(H,33,37)/b7-3-/t19-,20-,24+,26-,27-,28+,32-/m1/s1. The third-order valence-corrected chi connectivity index (χ3v) is 8.76. The van der Waals surface area contributed by atoms with E-state index in [0.29, 0.717) is 12.1 Å². The average molecular weight is 574 g/mol. The molecule has 4 heterocycles. The molecule has 10 heteroatoms. The molecule has 0 saturated carbocycles. The van der Waals surface area contributed by atoms with E-state index in [1.807, 2.05) is 54.6 Å². The number of anilines is 1. The Balaban J connectivity index is 1.46. The normalized spacial score (nSPS) is 33.1. The van der Waals surface area contributed by atoms with E-state index in [9.17, 15) is 24.3 Å². The van der Waals surface area contributed by atoms with Crippen molar-refractivity contribution in [3.05, 3.63) is 66.8 Å². The van der Waals surface area contributed by atoms with E-state index in [4.69, 9.17) is 9.47 Å². The third-order valence-electron chi connectivity index (χ3n) is 8.76. The Kier molecular flexibility index (Phi) is 7.36. The molecule has 42 heavy (non-hydrogen) atoms. The summed E-state index contributed by atoms with van der Waals surface area (Å²) in [5.41, 5.74) is -0.764. The number of carbonyl (C=O) groups excluding carboxylic acids is 4. The molecule has 2 aromatic carbocycles. The van der Waals surface area contributed by atoms with Gasteiger partial charge in [-0.05, 0) is 43.2 Å². The van der Waals surface area contributed by atoms with Gasteiger partial charge in [0.2, 0.25) is 11.8 Å². The van der Waals surface area contributed by atoms with Gasteiger partial charge in [0.1, 0.15) is 23.7 Å². The first-order valence-corrected chi connectivity index (χ1v) is 14.5. The maximum absolute atomic E-state index is 14.7. The van der Waals surface area contributed by atoms with E-state index in [1.54, 1.807) is 30.9 Å². The summed E-state index contributed by atoms with van der Waals surface area (Å²) >= 11 is 0. The van der Waals surface area contributed by atoms with Crippen molar-refractivity contribution in [3.8, 4) is 0 Å². The van der Waals surface area contributed by atoms with E-state index >= 15 is 0 Å². The van der Waals surface area contributed by atoms with Crippen LogP contribution < -0.4 is 10.2 Å². The number of aliphatic hydroxyl groups excluding tert-OH is 1. The van der Waals surface area contributed by atoms with Gasteiger partial charge in [-0.2, -0.15) is 0 Å². The number of hydrogen-bond acceptors (Lipinski definition) is 7. The van der Waals surface area contributed by atoms with Gasteiger partial charge >= 0.3 is 5.97 Å². The van der Waals surface area contributed by atoms with E-state index in [0.717, 1.165) is 10.8 Å². The summed E-state index contributed by atoms with van der Waals surface area (Å²) in [6, 6.07) is 11.7. The number of fused-ring (bicyclic) bond motifs is 3. The molecule has 1 spiro atoms. The number of carbonyl (C=O) groups is 4. The van der Waals surface area contributed by atoms with Gasteiger partial charge in [-0.3, -0.25) is 19.2 Å². The second kappa shape index (κ2) is 11.0. The molecular formula is C32H35N3O7. The number of amides is 3. The Morgan fingerprint density at radius 3 is 2.64 bits per heavy atom. The summed E-state index contributed by atoms with van der Waals surface area (Å²) in [7, 11) is 0. The highest BCUT2D eigenvalue weighted by molar-refractivity contribution is 6.06. The van der Waals surface area contributed by atoms with Crippen LogP contribution in [-0.2, 0) is 28.7 Å². The van der Waals surface area contributed by atoms with E-state index in [2.05, 4.69) is 5.32 Å². The van der Waals surface area contributed by atoms with Gasteiger partial charge in [-0.1, -0.05) is 54.6 Å². The predicted octanol–water partition coefficient (Wildman–Crippen LogP) is 2.10. The van der Waals surface area contributed by atoms with Gasteiger partial charge in [0.15, 0.2) is 0 Å². The molecule has 2 aromatic rings. The SMILES string of the molecule is C[C@@H]1CNC(=O)CC/C=C\CN(c2ccc3ccccc3c2)C(=O)[C@@H]2N([C@H](C)CO)C(=O)[C@H]3[C@H](C(=O)O1)[C@@H]1C=C[C@]23O1. The van der Waals surface area contributed by atoms with Crippen LogP contribution in [0.25, 0.3) is 10.8 Å². The summed E-state index contributed by atoms with van der Waals surface area (Å²) in [5, 5.41) is 14.9. The summed E-state index contributed by atoms with van der Waals surface area (Å²) in [5.74, 6) is -3.57. The lowest BCUT2D eigenvalue weighted by Crippen LogP contribution is -2.58. The van der Waals surface area contributed by atoms with Crippen molar-refractivity contribution >= 4 is 40.2 Å². The molecule has 10 nitrogen and oxygen atoms in total. The molecule has 0 radical (unpaired) electrons. The highest BCUT2D eigenvalue weighted by Gasteiger charge is 2.74. The molecule has 4 aliphatic heterocycles. The molecule has 2 saturated heterocycles. The number of likely N-dealkylation sites (tertiary alicyclic amines) is 1. The number of hydrogen-bond donors (Lipinski definition) is 2. The third kappa shape index (κ3) is 4.59. The highest BCUT2D eigenvalue weighted by Crippen LogP contribution is 2.56. The van der Waals surface area contributed by atoms with Crippen LogP contribution in [0, 0.1) is 11.8 Å². The number of nitrogens with zero attached hydrogens (tertiary/aromatic N) is 2. The van der Waals surface area contributed by atoms with Crippen LogP contribution in [0.2, 0.25) is 0 Å². The van der Waals surface area contributed by atoms with Crippen LogP contribution in [0.1, 0.15) is 26.7 Å². The summed E-state index contributed by atoms with van der Waals surface area (Å²) in [6.07, 6.45) is 6.49. The van der Waals surface area contributed by atoms with Crippen molar-refractivity contribution in [3.63, 3.8) is 0 Å². The number of aliphatic hydroxyl groups is 1. The minimum Gasteiger partial charge on any atom is -0.460 e. The average Bonchev–Trinajstić information content (AvgIpc) is 3.64. The smallest absolute Gasteiger partial charge is 0.313 e. The fraction of sp³-hybridized carbons (Fsp3) is 0.438. The minimum absolute atomic E-state index is 0.136. The van der Waals surface area contributed by atoms with Crippen molar-refractivity contribution in [1.82, 2.24) is 10.2 Å². The van der Waals surface area contributed by atoms with Crippen LogP contribution in [0.5, 0.6) is 0 Å². The molecular weight excluding hydrogens is 538 g/mol. The number of esters is 1. The Labute approximate surface area is 243 Å². The second-order valence-electron chi connectivity index (χ2n) is 11.5. The van der Waals surface area contributed by atoms with Gasteiger partial charge in [0, 0.05) is 18.7 Å². The lowest BCUT2D eigenvalue weighted by molar-refractivity contribution is -0.158. The van der Waals surface area contributed by atoms with Crippen LogP contribution in [-0.4, -0.2) is 83.3 Å². The molecule has 4 aliphatic rings. The Bertz CT molecular complexity index is 1490. The van der Waals surface area contributed by atoms with Crippen molar-refractivity contribution in [2.45, 2.75) is 56.6 Å². The topological polar surface area (TPSA) is 125 Å². The number of nitrogens with one attached hydrogen (secondary N) is 1. The van der Waals surface area contributed by atoms with Gasteiger partial charge in [-0.25, -0.2) is 0 Å². The first-order chi connectivity index (χ1) is 20.2. The fourth-order valence-electron chi connectivity index (χ4n) is 6.71. The number of benzene rings is 2. The zero-order valence-electron chi connectivity index (χ0n) is 23.6. The minimum atomic E-state index is -1.39. The first-order valence-electron chi connectivity index (χ1n) is 14.5. The van der Waals surface area contributed by atoms with Crippen LogP contribution in [0.4, 0.5) is 5.69 Å². The lowest BCUT2D eigenvalue weighted by atomic mass is 9.74. The Morgan fingerprint density at radius 1 is 1.07 bits per heavy atom. The summed E-state index contributed by atoms with van der Waals surface area (Å²) in [4.78, 5) is 57.7. The fourth-order valence-corrected chi connectivity index (χ4v) is 6.71. The van der Waals surface area contributed by atoms with Gasteiger partial charge < -0.3 is 29.7 Å². The number of ether oxygens (including phenoxy) is 2. The largest absolute Gasteiger partial charge is 0.460 e. The Hall–Kier alpha value is -4.02. The quantitative estimate of drug-likeness (QED) is 0.426. The van der Waals surface area contributed by atoms with Gasteiger partial charge in [-0.15, -0.1) is 0 Å². The van der Waals surface area contributed by atoms with Gasteiger partial charge in [0.05, 0.1) is 31.2 Å². The highest BCUT2D eigenvalue weighted by atomic mass is 16.6. The molecule has 6 rings (SSSR count). The molecule has 2 N–H and O–H groups in total. The van der Waals surface area contributed by atoms with Crippen LogP contribution >= 0.6 is 0 Å². The van der Waals surface area contributed by atoms with Crippen molar-refractivity contribution in [2.75, 3.05) is 24.6 Å². The molecule has 2 fully saturated rings. The van der Waals surface area contributed by atoms with Crippen LogP contribution in [0.15, 0.2) is 66.8 Å².